The summed E-state index contributed by atoms with van der Waals surface area (Å²) in [5.41, 5.74) is 1.66. The molecular formula is C18H28O2. The molecule has 0 spiro atoms. The first-order valence-electron chi connectivity index (χ1n) is 7.84. The molecule has 2 nitrogen and oxygen atoms in total. The van der Waals surface area contributed by atoms with Crippen molar-refractivity contribution >= 4 is 0 Å². The van der Waals surface area contributed by atoms with E-state index in [4.69, 9.17) is 4.74 Å². The van der Waals surface area contributed by atoms with Crippen LogP contribution in [0.3, 0.4) is 0 Å². The number of benzene rings is 1. The van der Waals surface area contributed by atoms with Crippen LogP contribution in [0.25, 0.3) is 0 Å². The minimum Gasteiger partial charge on any atom is -0.385 e. The summed E-state index contributed by atoms with van der Waals surface area (Å²) in [5, 5.41) is 11.0. The monoisotopic (exact) mass is 276 g/mol. The summed E-state index contributed by atoms with van der Waals surface area (Å²) < 4.78 is 5.79. The molecule has 20 heavy (non-hydrogen) atoms. The molecule has 1 saturated heterocycles. The second-order valence-electron chi connectivity index (χ2n) is 6.94. The number of hydrogen-bond donors (Lipinski definition) is 1. The Bertz CT molecular complexity index is 439. The molecule has 1 fully saturated rings. The van der Waals surface area contributed by atoms with Crippen LogP contribution in [0.1, 0.15) is 51.7 Å². The van der Waals surface area contributed by atoms with E-state index < -0.39 is 5.60 Å². The van der Waals surface area contributed by atoms with Crippen molar-refractivity contribution in [3.63, 3.8) is 0 Å². The van der Waals surface area contributed by atoms with Crippen LogP contribution in [0.5, 0.6) is 0 Å². The fraction of sp³-hybridized carbons (Fsp3) is 0.667. The molecule has 2 atom stereocenters. The predicted octanol–water partition coefficient (Wildman–Crippen LogP) is 3.91. The van der Waals surface area contributed by atoms with Gasteiger partial charge in [-0.2, -0.15) is 0 Å². The Kier molecular flexibility index (Phi) is 4.87. The minimum atomic E-state index is -0.722. The molecule has 0 aliphatic carbocycles. The fourth-order valence-electron chi connectivity index (χ4n) is 3.02. The molecule has 1 heterocycles. The van der Waals surface area contributed by atoms with Gasteiger partial charge in [0.2, 0.25) is 0 Å². The summed E-state index contributed by atoms with van der Waals surface area (Å²) >= 11 is 0. The molecule has 0 amide bonds. The van der Waals surface area contributed by atoms with E-state index >= 15 is 0 Å². The lowest BCUT2D eigenvalue weighted by atomic mass is 9.80. The van der Waals surface area contributed by atoms with Gasteiger partial charge >= 0.3 is 0 Å². The summed E-state index contributed by atoms with van der Waals surface area (Å²) in [7, 11) is 0. The third kappa shape index (κ3) is 3.62. The molecule has 1 aromatic carbocycles. The Labute approximate surface area is 123 Å². The van der Waals surface area contributed by atoms with Crippen molar-refractivity contribution in [1.29, 1.82) is 0 Å². The topological polar surface area (TPSA) is 29.5 Å². The molecule has 112 valence electrons. The van der Waals surface area contributed by atoms with Gasteiger partial charge in [-0.05, 0) is 29.4 Å². The minimum absolute atomic E-state index is 0.155. The first-order chi connectivity index (χ1) is 9.40. The van der Waals surface area contributed by atoms with Gasteiger partial charge in [0.15, 0.2) is 0 Å². The lowest BCUT2D eigenvalue weighted by molar-refractivity contribution is -0.121. The van der Waals surface area contributed by atoms with Crippen molar-refractivity contribution in [2.45, 2.75) is 58.7 Å². The third-order valence-corrected chi connectivity index (χ3v) is 4.24. The Morgan fingerprint density at radius 3 is 2.70 bits per heavy atom. The summed E-state index contributed by atoms with van der Waals surface area (Å²) in [6.07, 6.45) is 2.62. The normalized spacial score (nSPS) is 27.2. The van der Waals surface area contributed by atoms with E-state index in [9.17, 15) is 5.11 Å². The standard InChI is InChI=1S/C18H28O2/c1-13(2)10-15-6-5-7-16(11-15)18(19)8-9-20-17(12-18)14(3)4/h5-7,11,13-14,17,19H,8-10,12H2,1-4H3. The van der Waals surface area contributed by atoms with Crippen LogP contribution < -0.4 is 0 Å². The van der Waals surface area contributed by atoms with Crippen LogP contribution in [0.2, 0.25) is 0 Å². The number of rotatable bonds is 4. The zero-order valence-corrected chi connectivity index (χ0v) is 13.2. The van der Waals surface area contributed by atoms with Crippen molar-refractivity contribution in [3.8, 4) is 0 Å². The van der Waals surface area contributed by atoms with E-state index in [0.29, 0.717) is 31.3 Å². The Morgan fingerprint density at radius 2 is 2.05 bits per heavy atom. The first kappa shape index (κ1) is 15.5. The van der Waals surface area contributed by atoms with Gasteiger partial charge in [-0.1, -0.05) is 52.0 Å². The molecule has 2 heteroatoms. The van der Waals surface area contributed by atoms with E-state index in [0.717, 1.165) is 12.0 Å². The lowest BCUT2D eigenvalue weighted by Crippen LogP contribution is -2.40. The van der Waals surface area contributed by atoms with E-state index in [1.54, 1.807) is 0 Å². The Hall–Kier alpha value is -0.860. The number of ether oxygens (including phenoxy) is 1. The van der Waals surface area contributed by atoms with E-state index in [-0.39, 0.29) is 6.10 Å². The van der Waals surface area contributed by atoms with Crippen LogP contribution >= 0.6 is 0 Å². The Balaban J connectivity index is 2.20. The number of aliphatic hydroxyl groups is 1. The summed E-state index contributed by atoms with van der Waals surface area (Å²) in [6.45, 7) is 9.42. The van der Waals surface area contributed by atoms with E-state index in [1.165, 1.54) is 5.56 Å². The zero-order chi connectivity index (χ0) is 14.8. The van der Waals surface area contributed by atoms with Crippen LogP contribution in [-0.2, 0) is 16.8 Å². The van der Waals surface area contributed by atoms with Crippen LogP contribution in [0, 0.1) is 11.8 Å². The van der Waals surface area contributed by atoms with Gasteiger partial charge < -0.3 is 9.84 Å². The molecule has 0 bridgehead atoms. The van der Waals surface area contributed by atoms with E-state index in [1.807, 2.05) is 0 Å². The fourth-order valence-corrected chi connectivity index (χ4v) is 3.02. The highest BCUT2D eigenvalue weighted by Gasteiger charge is 2.37. The zero-order valence-electron chi connectivity index (χ0n) is 13.2. The summed E-state index contributed by atoms with van der Waals surface area (Å²) in [4.78, 5) is 0. The van der Waals surface area contributed by atoms with Gasteiger partial charge in [0.25, 0.3) is 0 Å². The average Bonchev–Trinajstić information content (AvgIpc) is 2.38. The second-order valence-corrected chi connectivity index (χ2v) is 6.94. The molecule has 0 radical (unpaired) electrons. The average molecular weight is 276 g/mol. The van der Waals surface area contributed by atoms with Gasteiger partial charge in [0, 0.05) is 12.8 Å². The summed E-state index contributed by atoms with van der Waals surface area (Å²) in [6, 6.07) is 8.48. The first-order valence-corrected chi connectivity index (χ1v) is 7.84. The van der Waals surface area contributed by atoms with Crippen molar-refractivity contribution in [2.75, 3.05) is 6.61 Å². The molecular weight excluding hydrogens is 248 g/mol. The van der Waals surface area contributed by atoms with Gasteiger partial charge in [-0.15, -0.1) is 0 Å². The van der Waals surface area contributed by atoms with Crippen LogP contribution in [0.15, 0.2) is 24.3 Å². The highest BCUT2D eigenvalue weighted by molar-refractivity contribution is 5.29. The van der Waals surface area contributed by atoms with Crippen molar-refractivity contribution < 1.29 is 9.84 Å². The molecule has 2 unspecified atom stereocenters. The molecule has 1 aliphatic heterocycles. The maximum absolute atomic E-state index is 11.0. The van der Waals surface area contributed by atoms with Crippen molar-refractivity contribution in [3.05, 3.63) is 35.4 Å². The molecule has 0 aromatic heterocycles. The molecule has 2 rings (SSSR count). The third-order valence-electron chi connectivity index (χ3n) is 4.24. The largest absolute Gasteiger partial charge is 0.385 e. The second kappa shape index (κ2) is 6.28. The van der Waals surface area contributed by atoms with Crippen LogP contribution in [-0.4, -0.2) is 17.8 Å². The molecule has 0 saturated carbocycles. The van der Waals surface area contributed by atoms with Gasteiger partial charge in [-0.3, -0.25) is 0 Å². The van der Waals surface area contributed by atoms with Crippen molar-refractivity contribution in [2.24, 2.45) is 11.8 Å². The maximum atomic E-state index is 11.0. The van der Waals surface area contributed by atoms with E-state index in [2.05, 4.69) is 52.0 Å². The molecule has 1 N–H and O–H groups in total. The predicted molar refractivity (Wildman–Crippen MR) is 82.7 cm³/mol. The smallest absolute Gasteiger partial charge is 0.0943 e. The SMILES string of the molecule is CC(C)Cc1cccc(C2(O)CCOC(C(C)C)C2)c1. The Morgan fingerprint density at radius 1 is 1.30 bits per heavy atom. The highest BCUT2D eigenvalue weighted by atomic mass is 16.5. The van der Waals surface area contributed by atoms with Crippen LogP contribution in [0.4, 0.5) is 0 Å². The molecule has 1 aliphatic rings. The van der Waals surface area contributed by atoms with Crippen molar-refractivity contribution in [1.82, 2.24) is 0 Å². The summed E-state index contributed by atoms with van der Waals surface area (Å²) in [5.74, 6) is 1.08. The van der Waals surface area contributed by atoms with Gasteiger partial charge in [0.05, 0.1) is 18.3 Å². The maximum Gasteiger partial charge on any atom is 0.0943 e. The number of hydrogen-bond acceptors (Lipinski definition) is 2. The lowest BCUT2D eigenvalue weighted by Gasteiger charge is -2.39. The van der Waals surface area contributed by atoms with Gasteiger partial charge in [-0.25, -0.2) is 0 Å². The van der Waals surface area contributed by atoms with Gasteiger partial charge in [0.1, 0.15) is 0 Å². The quantitative estimate of drug-likeness (QED) is 0.903. The molecule has 1 aromatic rings. The highest BCUT2D eigenvalue weighted by Crippen LogP contribution is 2.37.